The molecule has 12 heteroatoms. The number of carbonyl (C=O) groups is 1. The first-order valence-electron chi connectivity index (χ1n) is 10.9. The molecule has 1 aliphatic carbocycles. The standard InChI is InChI=1S/C21H30F8O4/c1-5-15(3,4)14(30)32-16(6-2)12-17(20(24,25)26,13-10-8-7-9-11-13)33-19(31,18(16,22)23)21(27,28)29/h13,31H,5-12H2,1-4H3. The Hall–Kier alpha value is -1.17. The SMILES string of the molecule is CCC(C)(C)C(=O)OC1(CC)CC(C2CCCCC2)(C(F)(F)F)OC(O)(C(F)(F)F)C1(F)F. The second kappa shape index (κ2) is 8.49. The first-order valence-corrected chi connectivity index (χ1v) is 10.9. The Balaban J connectivity index is 2.82. The lowest BCUT2D eigenvalue weighted by molar-refractivity contribution is -0.525. The van der Waals surface area contributed by atoms with Gasteiger partial charge in [0.2, 0.25) is 0 Å². The number of rotatable bonds is 5. The summed E-state index contributed by atoms with van der Waals surface area (Å²) in [5.74, 6) is -14.0. The monoisotopic (exact) mass is 498 g/mol. The minimum atomic E-state index is -6.32. The van der Waals surface area contributed by atoms with E-state index in [1.807, 2.05) is 0 Å². The van der Waals surface area contributed by atoms with E-state index in [1.165, 1.54) is 20.8 Å². The summed E-state index contributed by atoms with van der Waals surface area (Å²) in [5.41, 5.74) is -8.89. The molecule has 0 spiro atoms. The summed E-state index contributed by atoms with van der Waals surface area (Å²) in [7, 11) is 0. The summed E-state index contributed by atoms with van der Waals surface area (Å²) in [6, 6.07) is 0. The molecule has 1 N–H and O–H groups in total. The van der Waals surface area contributed by atoms with Gasteiger partial charge in [-0.25, -0.2) is 0 Å². The molecule has 2 fully saturated rings. The van der Waals surface area contributed by atoms with Crippen molar-refractivity contribution >= 4 is 5.97 Å². The van der Waals surface area contributed by atoms with Crippen LogP contribution in [-0.2, 0) is 14.3 Å². The van der Waals surface area contributed by atoms with Crippen molar-refractivity contribution in [3.8, 4) is 0 Å². The van der Waals surface area contributed by atoms with Crippen molar-refractivity contribution in [2.24, 2.45) is 11.3 Å². The Labute approximate surface area is 187 Å². The molecule has 1 heterocycles. The van der Waals surface area contributed by atoms with Crippen LogP contribution in [-0.4, -0.2) is 46.3 Å². The summed E-state index contributed by atoms with van der Waals surface area (Å²) >= 11 is 0. The van der Waals surface area contributed by atoms with Gasteiger partial charge in [-0.1, -0.05) is 33.1 Å². The Bertz CT molecular complexity index is 729. The number of halogens is 8. The summed E-state index contributed by atoms with van der Waals surface area (Å²) in [4.78, 5) is 12.7. The summed E-state index contributed by atoms with van der Waals surface area (Å²) in [6.45, 7) is 4.91. The van der Waals surface area contributed by atoms with Crippen molar-refractivity contribution in [3.63, 3.8) is 0 Å². The van der Waals surface area contributed by atoms with Gasteiger partial charge in [0.1, 0.15) is 0 Å². The van der Waals surface area contributed by atoms with E-state index in [0.29, 0.717) is 6.42 Å². The van der Waals surface area contributed by atoms with E-state index in [1.54, 1.807) is 0 Å². The minimum Gasteiger partial charge on any atom is -0.452 e. The zero-order chi connectivity index (χ0) is 25.7. The highest BCUT2D eigenvalue weighted by atomic mass is 19.4. The third kappa shape index (κ3) is 4.23. The highest BCUT2D eigenvalue weighted by Crippen LogP contribution is 2.64. The highest BCUT2D eigenvalue weighted by Gasteiger charge is 2.87. The molecule has 1 aliphatic heterocycles. The molecule has 0 bridgehead atoms. The smallest absolute Gasteiger partial charge is 0.449 e. The quantitative estimate of drug-likeness (QED) is 0.357. The second-order valence-electron chi connectivity index (χ2n) is 9.69. The molecule has 33 heavy (non-hydrogen) atoms. The number of carbonyl (C=O) groups excluding carboxylic acids is 1. The maximum absolute atomic E-state index is 15.5. The molecule has 0 amide bonds. The minimum absolute atomic E-state index is 0.0181. The van der Waals surface area contributed by atoms with E-state index in [4.69, 9.17) is 4.74 Å². The number of esters is 1. The Morgan fingerprint density at radius 2 is 1.52 bits per heavy atom. The van der Waals surface area contributed by atoms with Gasteiger partial charge in [0.05, 0.1) is 5.41 Å². The molecule has 0 aromatic carbocycles. The third-order valence-electron chi connectivity index (χ3n) is 7.30. The number of hydrogen-bond acceptors (Lipinski definition) is 4. The van der Waals surface area contributed by atoms with Crippen molar-refractivity contribution in [2.45, 2.75) is 114 Å². The maximum Gasteiger partial charge on any atom is 0.449 e. The third-order valence-corrected chi connectivity index (χ3v) is 7.30. The van der Waals surface area contributed by atoms with E-state index in [2.05, 4.69) is 4.74 Å². The van der Waals surface area contributed by atoms with Crippen LogP contribution in [0, 0.1) is 11.3 Å². The lowest BCUT2D eigenvalue weighted by Gasteiger charge is -2.59. The molecule has 0 aromatic heterocycles. The van der Waals surface area contributed by atoms with E-state index < -0.39 is 65.4 Å². The molecule has 2 aliphatic rings. The molecule has 3 atom stereocenters. The van der Waals surface area contributed by atoms with Crippen LogP contribution >= 0.6 is 0 Å². The predicted octanol–water partition coefficient (Wildman–Crippen LogP) is 6.30. The van der Waals surface area contributed by atoms with E-state index in [0.717, 1.165) is 6.92 Å². The lowest BCUT2D eigenvalue weighted by atomic mass is 9.65. The first-order chi connectivity index (χ1) is 14.8. The van der Waals surface area contributed by atoms with E-state index >= 15 is 8.78 Å². The van der Waals surface area contributed by atoms with Crippen LogP contribution in [0.2, 0.25) is 0 Å². The molecule has 2 rings (SSSR count). The molecule has 4 nitrogen and oxygen atoms in total. The molecule has 3 unspecified atom stereocenters. The fourth-order valence-corrected chi connectivity index (χ4v) is 4.61. The van der Waals surface area contributed by atoms with Gasteiger partial charge >= 0.3 is 30.0 Å². The van der Waals surface area contributed by atoms with E-state index in [9.17, 15) is 36.2 Å². The van der Waals surface area contributed by atoms with Gasteiger partial charge in [0.15, 0.2) is 11.2 Å². The van der Waals surface area contributed by atoms with Gasteiger partial charge in [0.25, 0.3) is 0 Å². The molecule has 0 aromatic rings. The van der Waals surface area contributed by atoms with Crippen LogP contribution in [0.15, 0.2) is 0 Å². The molecular formula is C21H30F8O4. The fourth-order valence-electron chi connectivity index (χ4n) is 4.61. The van der Waals surface area contributed by atoms with E-state index in [-0.39, 0.29) is 32.1 Å². The van der Waals surface area contributed by atoms with Crippen LogP contribution in [0.25, 0.3) is 0 Å². The maximum atomic E-state index is 15.5. The number of hydrogen-bond donors (Lipinski definition) is 1. The van der Waals surface area contributed by atoms with Gasteiger partial charge in [0, 0.05) is 6.42 Å². The lowest BCUT2D eigenvalue weighted by Crippen LogP contribution is -2.80. The van der Waals surface area contributed by atoms with Crippen molar-refractivity contribution in [2.75, 3.05) is 0 Å². The molecular weight excluding hydrogens is 468 g/mol. The van der Waals surface area contributed by atoms with Crippen LogP contribution in [0.5, 0.6) is 0 Å². The van der Waals surface area contributed by atoms with Crippen molar-refractivity contribution < 1.29 is 54.5 Å². The number of alkyl halides is 8. The molecule has 194 valence electrons. The van der Waals surface area contributed by atoms with Crippen molar-refractivity contribution in [1.29, 1.82) is 0 Å². The average molecular weight is 498 g/mol. The normalized spacial score (nSPS) is 34.2. The molecule has 0 radical (unpaired) electrons. The summed E-state index contributed by atoms with van der Waals surface area (Å²) in [5, 5.41) is 10.2. The highest BCUT2D eigenvalue weighted by molar-refractivity contribution is 5.76. The van der Waals surface area contributed by atoms with Gasteiger partial charge in [-0.3, -0.25) is 4.79 Å². The average Bonchev–Trinajstić information content (AvgIpc) is 2.70. The summed E-state index contributed by atoms with van der Waals surface area (Å²) < 4.78 is 125. The predicted molar refractivity (Wildman–Crippen MR) is 100 cm³/mol. The number of ether oxygens (including phenoxy) is 2. The first kappa shape index (κ1) is 28.1. The Morgan fingerprint density at radius 1 is 1.00 bits per heavy atom. The van der Waals surface area contributed by atoms with Gasteiger partial charge in [-0.15, -0.1) is 0 Å². The fraction of sp³-hybridized carbons (Fsp3) is 0.952. The van der Waals surface area contributed by atoms with Crippen LogP contribution < -0.4 is 0 Å². The largest absolute Gasteiger partial charge is 0.452 e. The Kier molecular flexibility index (Phi) is 7.23. The molecule has 1 saturated carbocycles. The van der Waals surface area contributed by atoms with Crippen LogP contribution in [0.1, 0.15) is 79.1 Å². The Morgan fingerprint density at radius 3 is 1.91 bits per heavy atom. The van der Waals surface area contributed by atoms with Crippen LogP contribution in [0.3, 0.4) is 0 Å². The number of aliphatic hydroxyl groups is 1. The zero-order valence-corrected chi connectivity index (χ0v) is 18.9. The van der Waals surface area contributed by atoms with Crippen molar-refractivity contribution in [3.05, 3.63) is 0 Å². The van der Waals surface area contributed by atoms with Crippen molar-refractivity contribution in [1.82, 2.24) is 0 Å². The van der Waals surface area contributed by atoms with Gasteiger partial charge in [-0.2, -0.15) is 35.1 Å². The van der Waals surface area contributed by atoms with Gasteiger partial charge in [-0.05, 0) is 45.4 Å². The van der Waals surface area contributed by atoms with Crippen LogP contribution in [0.4, 0.5) is 35.1 Å². The second-order valence-corrected chi connectivity index (χ2v) is 9.69. The van der Waals surface area contributed by atoms with Gasteiger partial charge < -0.3 is 14.6 Å². The summed E-state index contributed by atoms with van der Waals surface area (Å²) in [6.07, 6.45) is -14.3. The zero-order valence-electron chi connectivity index (χ0n) is 18.9. The molecule has 1 saturated heterocycles. The topological polar surface area (TPSA) is 55.8 Å².